The fourth-order valence-corrected chi connectivity index (χ4v) is 5.33. The van der Waals surface area contributed by atoms with E-state index in [-0.39, 0.29) is 24.1 Å². The second-order valence-electron chi connectivity index (χ2n) is 12.4. The molecule has 0 aliphatic carbocycles. The monoisotopic (exact) mass is 548 g/mol. The summed E-state index contributed by atoms with van der Waals surface area (Å²) in [4.78, 5) is 28.4. The van der Waals surface area contributed by atoms with E-state index in [0.29, 0.717) is 35.6 Å². The zero-order chi connectivity index (χ0) is 29.3. The molecule has 0 bridgehead atoms. The molecule has 214 valence electrons. The highest BCUT2D eigenvalue weighted by molar-refractivity contribution is 5.91. The number of aromatic nitrogens is 3. The van der Waals surface area contributed by atoms with Crippen LogP contribution in [0.1, 0.15) is 73.3 Å². The van der Waals surface area contributed by atoms with E-state index in [4.69, 9.17) is 14.6 Å². The minimum absolute atomic E-state index is 0.0835. The van der Waals surface area contributed by atoms with Crippen LogP contribution in [0.4, 0.5) is 11.5 Å². The van der Waals surface area contributed by atoms with Crippen molar-refractivity contribution in [3.8, 4) is 6.07 Å². The minimum atomic E-state index is -0.852. The van der Waals surface area contributed by atoms with E-state index in [0.717, 1.165) is 11.3 Å². The van der Waals surface area contributed by atoms with Crippen molar-refractivity contribution in [1.29, 1.82) is 5.26 Å². The Kier molecular flexibility index (Phi) is 8.11. The number of H-pyrrole nitrogens is 1. The minimum Gasteiger partial charge on any atom is -0.458 e. The van der Waals surface area contributed by atoms with Crippen molar-refractivity contribution in [2.75, 3.05) is 11.9 Å². The van der Waals surface area contributed by atoms with Gasteiger partial charge in [0.15, 0.2) is 11.9 Å². The molecule has 2 atom stereocenters. The lowest BCUT2D eigenvalue weighted by atomic mass is 9.87. The molecule has 0 radical (unpaired) electrons. The molecule has 1 aromatic carbocycles. The standard InChI is InChI=1S/C30H40N6O4/c1-19(2)34-29(6,7)20-8-10-21(11-9-20)33-25-24-22(13-17-32-26(24)37)36(35-25)30(15-16-31)14-12-23(39-18-30)27(38)40-28(3,4)5/h8-11,13,17,19,23,34H,12,14-15,18H2,1-7H3,(H,32,37)(H,33,35)/t23?,30-/m0/s1. The smallest absolute Gasteiger partial charge is 0.335 e. The number of benzene rings is 1. The fourth-order valence-electron chi connectivity index (χ4n) is 5.33. The Bertz CT molecular complexity index is 1450. The Morgan fingerprint density at radius 1 is 1.25 bits per heavy atom. The maximum absolute atomic E-state index is 13.0. The number of nitrogens with one attached hydrogen (secondary N) is 3. The highest BCUT2D eigenvalue weighted by Gasteiger charge is 2.43. The van der Waals surface area contributed by atoms with Gasteiger partial charge in [-0.3, -0.25) is 9.48 Å². The summed E-state index contributed by atoms with van der Waals surface area (Å²) in [6.45, 7) is 14.0. The Morgan fingerprint density at radius 3 is 2.52 bits per heavy atom. The van der Waals surface area contributed by atoms with E-state index in [1.807, 2.05) is 45.0 Å². The molecule has 1 aliphatic heterocycles. The molecule has 1 fully saturated rings. The number of nitrogens with zero attached hydrogens (tertiary/aromatic N) is 3. The van der Waals surface area contributed by atoms with Gasteiger partial charge >= 0.3 is 5.97 Å². The number of hydrogen-bond acceptors (Lipinski definition) is 8. The van der Waals surface area contributed by atoms with Gasteiger partial charge in [0, 0.05) is 23.5 Å². The predicted molar refractivity (Wildman–Crippen MR) is 154 cm³/mol. The first-order valence-electron chi connectivity index (χ1n) is 13.7. The number of esters is 1. The van der Waals surface area contributed by atoms with Gasteiger partial charge in [0.1, 0.15) is 11.0 Å². The van der Waals surface area contributed by atoms with Crippen molar-refractivity contribution < 1.29 is 14.3 Å². The topological polar surface area (TPSA) is 134 Å². The number of aromatic amines is 1. The van der Waals surface area contributed by atoms with Crippen LogP contribution in [-0.4, -0.2) is 45.1 Å². The second-order valence-corrected chi connectivity index (χ2v) is 12.4. The van der Waals surface area contributed by atoms with Gasteiger partial charge in [-0.15, -0.1) is 0 Å². The van der Waals surface area contributed by atoms with Crippen LogP contribution in [0, 0.1) is 11.3 Å². The lowest BCUT2D eigenvalue weighted by Gasteiger charge is -2.39. The number of pyridine rings is 1. The second kappa shape index (κ2) is 11.1. The van der Waals surface area contributed by atoms with E-state index in [9.17, 15) is 14.9 Å². The highest BCUT2D eigenvalue weighted by Crippen LogP contribution is 2.37. The average Bonchev–Trinajstić information content (AvgIpc) is 3.23. The molecule has 0 spiro atoms. The van der Waals surface area contributed by atoms with Crippen molar-refractivity contribution in [3.63, 3.8) is 0 Å². The van der Waals surface area contributed by atoms with Crippen LogP contribution in [0.15, 0.2) is 41.3 Å². The number of anilines is 2. The first-order valence-corrected chi connectivity index (χ1v) is 13.7. The summed E-state index contributed by atoms with van der Waals surface area (Å²) in [7, 11) is 0. The summed E-state index contributed by atoms with van der Waals surface area (Å²) in [5, 5.41) is 21.8. The number of rotatable bonds is 8. The van der Waals surface area contributed by atoms with Crippen molar-refractivity contribution in [2.24, 2.45) is 0 Å². The van der Waals surface area contributed by atoms with Gasteiger partial charge in [0.2, 0.25) is 0 Å². The molecule has 10 nitrogen and oxygen atoms in total. The summed E-state index contributed by atoms with van der Waals surface area (Å²) < 4.78 is 13.2. The fraction of sp³-hybridized carbons (Fsp3) is 0.533. The van der Waals surface area contributed by atoms with Crippen molar-refractivity contribution in [3.05, 3.63) is 52.4 Å². The number of carbonyl (C=O) groups excluding carboxylic acids is 1. The largest absolute Gasteiger partial charge is 0.458 e. The lowest BCUT2D eigenvalue weighted by Crippen LogP contribution is -2.47. The third-order valence-electron chi connectivity index (χ3n) is 7.07. The summed E-state index contributed by atoms with van der Waals surface area (Å²) in [6.07, 6.45) is 1.77. The molecule has 2 aromatic heterocycles. The van der Waals surface area contributed by atoms with Crippen LogP contribution in [0.25, 0.3) is 10.9 Å². The average molecular weight is 549 g/mol. The Morgan fingerprint density at radius 2 is 1.95 bits per heavy atom. The summed E-state index contributed by atoms with van der Waals surface area (Å²) >= 11 is 0. The third-order valence-corrected chi connectivity index (χ3v) is 7.07. The molecular formula is C30H40N6O4. The van der Waals surface area contributed by atoms with Gasteiger partial charge in [-0.25, -0.2) is 4.79 Å². The Hall–Kier alpha value is -3.68. The molecule has 0 saturated carbocycles. The molecule has 1 saturated heterocycles. The van der Waals surface area contributed by atoms with Gasteiger partial charge in [-0.1, -0.05) is 26.0 Å². The number of ether oxygens (including phenoxy) is 2. The van der Waals surface area contributed by atoms with E-state index in [1.165, 1.54) is 0 Å². The van der Waals surface area contributed by atoms with Crippen LogP contribution in [0.2, 0.25) is 0 Å². The van der Waals surface area contributed by atoms with Crippen molar-refractivity contribution >= 4 is 28.4 Å². The summed E-state index contributed by atoms with van der Waals surface area (Å²) in [5.74, 6) is -0.0341. The first-order chi connectivity index (χ1) is 18.7. The van der Waals surface area contributed by atoms with E-state index >= 15 is 0 Å². The van der Waals surface area contributed by atoms with Gasteiger partial charge in [0.25, 0.3) is 5.56 Å². The van der Waals surface area contributed by atoms with E-state index in [1.54, 1.807) is 16.9 Å². The lowest BCUT2D eigenvalue weighted by molar-refractivity contribution is -0.176. The quantitative estimate of drug-likeness (QED) is 0.341. The van der Waals surface area contributed by atoms with Crippen molar-refractivity contribution in [1.82, 2.24) is 20.1 Å². The molecule has 10 heteroatoms. The number of nitriles is 1. The third kappa shape index (κ3) is 6.21. The molecule has 0 amide bonds. The zero-order valence-electron chi connectivity index (χ0n) is 24.4. The summed E-state index contributed by atoms with van der Waals surface area (Å²) in [5.41, 5.74) is 0.515. The van der Waals surface area contributed by atoms with E-state index < -0.39 is 23.2 Å². The maximum Gasteiger partial charge on any atom is 0.335 e. The molecule has 1 aliphatic rings. The maximum atomic E-state index is 13.0. The molecule has 4 rings (SSSR count). The normalized spacial score (nSPS) is 19.9. The summed E-state index contributed by atoms with van der Waals surface area (Å²) in [6, 6.07) is 12.4. The first kappa shape index (κ1) is 29.3. The Balaban J connectivity index is 1.66. The van der Waals surface area contributed by atoms with Gasteiger partial charge < -0.3 is 25.1 Å². The van der Waals surface area contributed by atoms with Gasteiger partial charge in [-0.2, -0.15) is 10.4 Å². The van der Waals surface area contributed by atoms with Crippen LogP contribution in [0.3, 0.4) is 0 Å². The predicted octanol–water partition coefficient (Wildman–Crippen LogP) is 4.83. The molecule has 40 heavy (non-hydrogen) atoms. The van der Waals surface area contributed by atoms with Crippen LogP contribution < -0.4 is 16.2 Å². The molecule has 3 aromatic rings. The zero-order valence-corrected chi connectivity index (χ0v) is 24.4. The molecule has 3 N–H and O–H groups in total. The van der Waals surface area contributed by atoms with Crippen LogP contribution >= 0.6 is 0 Å². The Labute approximate surface area is 235 Å². The SMILES string of the molecule is CC(C)NC(C)(C)c1ccc(Nc2nn([C@]3(CC#N)CCC(C(=O)OC(C)(C)C)OC3)c3cc[nH]c(=O)c23)cc1. The number of carbonyl (C=O) groups is 1. The highest BCUT2D eigenvalue weighted by atomic mass is 16.6. The van der Waals surface area contributed by atoms with Crippen molar-refractivity contribution in [2.45, 2.75) is 96.6 Å². The molecule has 1 unspecified atom stereocenters. The molecular weight excluding hydrogens is 508 g/mol. The van der Waals surface area contributed by atoms with Crippen LogP contribution in [0.5, 0.6) is 0 Å². The number of fused-ring (bicyclic) bond motifs is 1. The van der Waals surface area contributed by atoms with Crippen LogP contribution in [-0.2, 0) is 25.3 Å². The van der Waals surface area contributed by atoms with E-state index in [2.05, 4.69) is 49.4 Å². The van der Waals surface area contributed by atoms with Gasteiger partial charge in [0.05, 0.1) is 30.2 Å². The van der Waals surface area contributed by atoms with Gasteiger partial charge in [-0.05, 0) is 71.2 Å². The molecule has 3 heterocycles. The number of hydrogen-bond donors (Lipinski definition) is 3.